The topological polar surface area (TPSA) is 106 Å². The van der Waals surface area contributed by atoms with Crippen molar-refractivity contribution in [3.8, 4) is 0 Å². The number of amides is 1. The van der Waals surface area contributed by atoms with Gasteiger partial charge in [0.1, 0.15) is 0 Å². The summed E-state index contributed by atoms with van der Waals surface area (Å²) in [6.07, 6.45) is 1.74. The molecule has 1 aromatic heterocycles. The molecular formula is C19H18N4O4S2. The number of hydrogen-bond acceptors (Lipinski definition) is 8. The zero-order valence-corrected chi connectivity index (χ0v) is 17.3. The summed E-state index contributed by atoms with van der Waals surface area (Å²) in [6.45, 7) is 2.02. The molecule has 0 fully saturated rings. The van der Waals surface area contributed by atoms with Gasteiger partial charge in [-0.15, -0.1) is 10.2 Å². The minimum atomic E-state index is -0.473. The number of hydrogen-bond donors (Lipinski definition) is 0. The molecule has 0 N–H and O–H groups in total. The van der Waals surface area contributed by atoms with Gasteiger partial charge < -0.3 is 0 Å². The van der Waals surface area contributed by atoms with Crippen LogP contribution in [0.25, 0.3) is 0 Å². The summed E-state index contributed by atoms with van der Waals surface area (Å²) in [5, 5.41) is 20.0. The van der Waals surface area contributed by atoms with E-state index >= 15 is 0 Å². The minimum Gasteiger partial charge on any atom is -0.294 e. The van der Waals surface area contributed by atoms with E-state index in [1.807, 2.05) is 6.92 Å². The Bertz CT molecular complexity index is 1030. The molecule has 1 amide bonds. The third-order valence-corrected chi connectivity index (χ3v) is 6.94. The number of nitrogens with zero attached hydrogens (tertiary/aromatic N) is 4. The summed E-state index contributed by atoms with van der Waals surface area (Å²) in [5.74, 6) is 0.204. The highest BCUT2D eigenvalue weighted by Gasteiger charge is 2.41. The van der Waals surface area contributed by atoms with Gasteiger partial charge in [0.05, 0.1) is 4.92 Å². The number of Topliss-reactive ketones (excluding diaryl/α,β-unsaturated/α-hetero) is 1. The van der Waals surface area contributed by atoms with Crippen LogP contribution in [0.1, 0.15) is 44.1 Å². The molecule has 1 aromatic carbocycles. The first-order valence-electron chi connectivity index (χ1n) is 9.29. The van der Waals surface area contributed by atoms with Crippen LogP contribution in [0.3, 0.4) is 0 Å². The number of non-ortho nitro benzene ring substituents is 1. The van der Waals surface area contributed by atoms with Crippen LogP contribution in [-0.4, -0.2) is 32.6 Å². The fourth-order valence-electron chi connectivity index (χ4n) is 3.83. The van der Waals surface area contributed by atoms with Crippen LogP contribution >= 0.6 is 23.1 Å². The molecule has 2 aliphatic rings. The number of nitro benzene ring substituents is 1. The number of anilines is 1. The maximum Gasteiger partial charge on any atom is 0.269 e. The number of benzene rings is 1. The molecular weight excluding hydrogens is 412 g/mol. The Kier molecular flexibility index (Phi) is 5.46. The molecule has 0 bridgehead atoms. The van der Waals surface area contributed by atoms with E-state index in [9.17, 15) is 19.7 Å². The summed E-state index contributed by atoms with van der Waals surface area (Å²) in [5.41, 5.74) is 1.82. The number of thioether (sulfide) groups is 1. The summed E-state index contributed by atoms with van der Waals surface area (Å²) in [6, 6.07) is 6.21. The Labute approximate surface area is 175 Å². The highest BCUT2D eigenvalue weighted by Crippen LogP contribution is 2.44. The second-order valence-electron chi connectivity index (χ2n) is 6.76. The van der Waals surface area contributed by atoms with Gasteiger partial charge in [-0.25, -0.2) is 0 Å². The zero-order valence-electron chi connectivity index (χ0n) is 15.7. The summed E-state index contributed by atoms with van der Waals surface area (Å²) >= 11 is 2.89. The Balaban J connectivity index is 1.80. The Morgan fingerprint density at radius 1 is 1.31 bits per heavy atom. The number of rotatable bonds is 5. The average molecular weight is 431 g/mol. The van der Waals surface area contributed by atoms with Crippen LogP contribution < -0.4 is 4.90 Å². The van der Waals surface area contributed by atoms with Gasteiger partial charge in [0, 0.05) is 42.2 Å². The summed E-state index contributed by atoms with van der Waals surface area (Å²) in [7, 11) is 0. The first kappa shape index (κ1) is 19.7. The molecule has 0 spiro atoms. The molecule has 0 saturated heterocycles. The molecule has 2 aromatic rings. The third-order valence-electron chi connectivity index (χ3n) is 5.01. The van der Waals surface area contributed by atoms with Crippen LogP contribution in [-0.2, 0) is 9.59 Å². The van der Waals surface area contributed by atoms with E-state index in [2.05, 4.69) is 10.2 Å². The van der Waals surface area contributed by atoms with Gasteiger partial charge in [0.25, 0.3) is 5.69 Å². The Hall–Kier alpha value is -2.59. The van der Waals surface area contributed by atoms with Crippen molar-refractivity contribution in [2.75, 3.05) is 10.7 Å². The molecule has 0 saturated carbocycles. The van der Waals surface area contributed by atoms with Gasteiger partial charge in [0.15, 0.2) is 10.1 Å². The molecule has 1 atom stereocenters. The lowest BCUT2D eigenvalue weighted by molar-refractivity contribution is -0.384. The SMILES string of the molecule is CCSc1nnc(N2C(=O)C[C@@H](c3cccc([N+](=O)[O-])c3)C3=C2CCCC3=O)s1. The number of carbonyl (C=O) groups excluding carboxylic acids is 2. The molecule has 8 nitrogen and oxygen atoms in total. The Morgan fingerprint density at radius 3 is 2.90 bits per heavy atom. The van der Waals surface area contributed by atoms with Crippen LogP contribution in [0.5, 0.6) is 0 Å². The highest BCUT2D eigenvalue weighted by atomic mass is 32.2. The number of nitro groups is 1. The van der Waals surface area contributed by atoms with Gasteiger partial charge in [-0.05, 0) is 24.2 Å². The maximum absolute atomic E-state index is 13.1. The first-order valence-corrected chi connectivity index (χ1v) is 11.1. The molecule has 150 valence electrons. The van der Waals surface area contributed by atoms with Crippen LogP contribution in [0.2, 0.25) is 0 Å². The largest absolute Gasteiger partial charge is 0.294 e. The standard InChI is InChI=1S/C19H18N4O4S2/c1-2-28-19-21-20-18(29-19)22-14-7-4-8-15(24)17(14)13(10-16(22)25)11-5-3-6-12(9-11)23(26)27/h3,5-6,9,13H,2,4,7-8,10H2,1H3/t13-/m0/s1. The lowest BCUT2D eigenvalue weighted by Crippen LogP contribution is -2.40. The van der Waals surface area contributed by atoms with Crippen LogP contribution in [0.15, 0.2) is 39.9 Å². The lowest BCUT2D eigenvalue weighted by Gasteiger charge is -2.36. The monoisotopic (exact) mass is 430 g/mol. The van der Waals surface area contributed by atoms with Crippen molar-refractivity contribution in [2.24, 2.45) is 0 Å². The molecule has 0 unspecified atom stereocenters. The van der Waals surface area contributed by atoms with E-state index in [1.165, 1.54) is 28.4 Å². The summed E-state index contributed by atoms with van der Waals surface area (Å²) in [4.78, 5) is 38.2. The lowest BCUT2D eigenvalue weighted by atomic mass is 9.77. The van der Waals surface area contributed by atoms with Crippen molar-refractivity contribution < 1.29 is 14.5 Å². The van der Waals surface area contributed by atoms with Crippen molar-refractivity contribution in [2.45, 2.75) is 42.9 Å². The fourth-order valence-corrected chi connectivity index (χ4v) is 5.61. The third kappa shape index (κ3) is 3.69. The van der Waals surface area contributed by atoms with Gasteiger partial charge in [-0.1, -0.05) is 42.2 Å². The number of carbonyl (C=O) groups is 2. The quantitative estimate of drug-likeness (QED) is 0.304. The second-order valence-corrected chi connectivity index (χ2v) is 9.23. The molecule has 2 heterocycles. The van der Waals surface area contributed by atoms with Gasteiger partial charge in [-0.3, -0.25) is 24.6 Å². The van der Waals surface area contributed by atoms with E-state index in [1.54, 1.807) is 23.9 Å². The van der Waals surface area contributed by atoms with Crippen LogP contribution in [0.4, 0.5) is 10.8 Å². The van der Waals surface area contributed by atoms with Crippen molar-refractivity contribution in [1.82, 2.24) is 10.2 Å². The minimum absolute atomic E-state index is 0.00655. The average Bonchev–Trinajstić information content (AvgIpc) is 3.16. The molecule has 1 aliphatic carbocycles. The molecule has 29 heavy (non-hydrogen) atoms. The highest BCUT2D eigenvalue weighted by molar-refractivity contribution is 8.01. The van der Waals surface area contributed by atoms with Crippen molar-refractivity contribution in [3.05, 3.63) is 51.2 Å². The number of aromatic nitrogens is 2. The number of ketones is 1. The summed E-state index contributed by atoms with van der Waals surface area (Å²) < 4.78 is 0.778. The smallest absolute Gasteiger partial charge is 0.269 e. The van der Waals surface area contributed by atoms with Crippen molar-refractivity contribution >= 4 is 45.6 Å². The molecule has 1 aliphatic heterocycles. The molecule has 10 heteroatoms. The zero-order chi connectivity index (χ0) is 20.5. The van der Waals surface area contributed by atoms with Crippen molar-refractivity contribution in [3.63, 3.8) is 0 Å². The Morgan fingerprint density at radius 2 is 2.14 bits per heavy atom. The van der Waals surface area contributed by atoms with E-state index in [0.717, 1.165) is 10.1 Å². The molecule has 0 radical (unpaired) electrons. The predicted octanol–water partition coefficient (Wildman–Crippen LogP) is 4.09. The van der Waals surface area contributed by atoms with Crippen LogP contribution in [0, 0.1) is 10.1 Å². The van der Waals surface area contributed by atoms with E-state index in [-0.39, 0.29) is 23.8 Å². The normalized spacial score (nSPS) is 19.5. The maximum atomic E-state index is 13.1. The van der Waals surface area contributed by atoms with Crippen molar-refractivity contribution in [1.29, 1.82) is 0 Å². The van der Waals surface area contributed by atoms with Gasteiger partial charge in [0.2, 0.25) is 11.0 Å². The second kappa shape index (κ2) is 8.03. The van der Waals surface area contributed by atoms with Gasteiger partial charge >= 0.3 is 0 Å². The van der Waals surface area contributed by atoms with E-state index < -0.39 is 10.8 Å². The van der Waals surface area contributed by atoms with Gasteiger partial charge in [-0.2, -0.15) is 0 Å². The number of allylic oxidation sites excluding steroid dienone is 2. The fraction of sp³-hybridized carbons (Fsp3) is 0.368. The van der Waals surface area contributed by atoms with E-state index in [4.69, 9.17) is 0 Å². The first-order chi connectivity index (χ1) is 14.0. The molecule has 4 rings (SSSR count). The van der Waals surface area contributed by atoms with E-state index in [0.29, 0.717) is 41.2 Å². The predicted molar refractivity (Wildman–Crippen MR) is 110 cm³/mol.